The molecule has 3 rings (SSSR count). The van der Waals surface area contributed by atoms with Gasteiger partial charge in [-0.15, -0.1) is 10.2 Å². The lowest BCUT2D eigenvalue weighted by Crippen LogP contribution is -2.21. The number of pyridine rings is 1. The Kier molecular flexibility index (Phi) is 7.84. The SMILES string of the molecule is C/C(=N/NC(=O)CSc1nnc(SCc2ccc(Cl)cc2)s1)c1ccncc1. The van der Waals surface area contributed by atoms with Crippen LogP contribution in [0.3, 0.4) is 0 Å². The largest absolute Gasteiger partial charge is 0.272 e. The van der Waals surface area contributed by atoms with Crippen LogP contribution in [-0.4, -0.2) is 32.6 Å². The van der Waals surface area contributed by atoms with Crippen molar-refractivity contribution in [2.24, 2.45) is 5.10 Å². The van der Waals surface area contributed by atoms with Gasteiger partial charge >= 0.3 is 0 Å². The van der Waals surface area contributed by atoms with Crippen LogP contribution in [0, 0.1) is 0 Å². The molecule has 0 bridgehead atoms. The van der Waals surface area contributed by atoms with Gasteiger partial charge in [-0.3, -0.25) is 9.78 Å². The summed E-state index contributed by atoms with van der Waals surface area (Å²) in [6, 6.07) is 11.4. The van der Waals surface area contributed by atoms with Crippen LogP contribution in [0.2, 0.25) is 5.02 Å². The summed E-state index contributed by atoms with van der Waals surface area (Å²) in [6.07, 6.45) is 3.37. The van der Waals surface area contributed by atoms with E-state index in [9.17, 15) is 4.79 Å². The highest BCUT2D eigenvalue weighted by molar-refractivity contribution is 8.03. The van der Waals surface area contributed by atoms with Crippen LogP contribution in [0.1, 0.15) is 18.1 Å². The number of halogens is 1. The first-order valence-electron chi connectivity index (χ1n) is 8.17. The lowest BCUT2D eigenvalue weighted by Gasteiger charge is -2.01. The number of thioether (sulfide) groups is 2. The molecule has 1 aromatic carbocycles. The maximum atomic E-state index is 12.0. The Morgan fingerprint density at radius 1 is 1.11 bits per heavy atom. The minimum atomic E-state index is -0.191. The van der Waals surface area contributed by atoms with Gasteiger partial charge < -0.3 is 0 Å². The van der Waals surface area contributed by atoms with Crippen LogP contribution in [-0.2, 0) is 10.5 Å². The topological polar surface area (TPSA) is 80.1 Å². The van der Waals surface area contributed by atoms with Crippen molar-refractivity contribution in [3.8, 4) is 0 Å². The van der Waals surface area contributed by atoms with Crippen LogP contribution in [0.5, 0.6) is 0 Å². The van der Waals surface area contributed by atoms with E-state index < -0.39 is 0 Å². The molecule has 6 nitrogen and oxygen atoms in total. The summed E-state index contributed by atoms with van der Waals surface area (Å²) in [5.74, 6) is 0.827. The van der Waals surface area contributed by atoms with Crippen molar-refractivity contribution in [2.75, 3.05) is 5.75 Å². The molecule has 1 N–H and O–H groups in total. The molecule has 28 heavy (non-hydrogen) atoms. The van der Waals surface area contributed by atoms with E-state index in [1.807, 2.05) is 43.3 Å². The fourth-order valence-electron chi connectivity index (χ4n) is 2.00. The predicted octanol–water partition coefficient (Wildman–Crippen LogP) is 4.51. The summed E-state index contributed by atoms with van der Waals surface area (Å²) in [4.78, 5) is 15.9. The molecule has 2 heterocycles. The van der Waals surface area contributed by atoms with Gasteiger partial charge in [-0.2, -0.15) is 5.10 Å². The number of carbonyl (C=O) groups is 1. The molecular formula is C18H16ClN5OS3. The molecule has 0 aliphatic rings. The van der Waals surface area contributed by atoms with Gasteiger partial charge in [0.2, 0.25) is 0 Å². The van der Waals surface area contributed by atoms with Crippen molar-refractivity contribution in [1.29, 1.82) is 0 Å². The molecule has 0 fully saturated rings. The Labute approximate surface area is 180 Å². The highest BCUT2D eigenvalue weighted by atomic mass is 35.5. The maximum Gasteiger partial charge on any atom is 0.250 e. The van der Waals surface area contributed by atoms with E-state index in [0.717, 1.165) is 30.7 Å². The van der Waals surface area contributed by atoms with Crippen LogP contribution in [0.4, 0.5) is 0 Å². The molecule has 0 aliphatic heterocycles. The first-order valence-corrected chi connectivity index (χ1v) is 11.3. The number of amides is 1. The number of nitrogens with zero attached hydrogens (tertiary/aromatic N) is 4. The molecule has 0 saturated carbocycles. The van der Waals surface area contributed by atoms with Gasteiger partial charge in [-0.1, -0.05) is 58.6 Å². The monoisotopic (exact) mass is 449 g/mol. The van der Waals surface area contributed by atoms with E-state index in [1.54, 1.807) is 24.2 Å². The van der Waals surface area contributed by atoms with Crippen molar-refractivity contribution in [3.63, 3.8) is 0 Å². The van der Waals surface area contributed by atoms with Gasteiger partial charge in [0, 0.05) is 28.7 Å². The molecule has 3 aromatic rings. The summed E-state index contributed by atoms with van der Waals surface area (Å²) in [6.45, 7) is 1.83. The molecule has 0 radical (unpaired) electrons. The fourth-order valence-corrected chi connectivity index (χ4v) is 4.90. The van der Waals surface area contributed by atoms with E-state index >= 15 is 0 Å². The molecule has 2 aromatic heterocycles. The summed E-state index contributed by atoms with van der Waals surface area (Å²) in [5, 5.41) is 13.1. The Bertz CT molecular complexity index is 947. The molecule has 0 aliphatic carbocycles. The zero-order valence-corrected chi connectivity index (χ0v) is 18.0. The number of benzene rings is 1. The molecule has 0 saturated heterocycles. The Hall–Kier alpha value is -1.94. The fraction of sp³-hybridized carbons (Fsp3) is 0.167. The second-order valence-corrected chi connectivity index (χ2v) is 9.36. The average molecular weight is 450 g/mol. The van der Waals surface area contributed by atoms with Gasteiger partial charge in [0.15, 0.2) is 8.68 Å². The number of rotatable bonds is 8. The average Bonchev–Trinajstić information content (AvgIpc) is 3.18. The van der Waals surface area contributed by atoms with Crippen LogP contribution in [0.15, 0.2) is 62.6 Å². The van der Waals surface area contributed by atoms with Gasteiger partial charge in [0.25, 0.3) is 5.91 Å². The van der Waals surface area contributed by atoms with Gasteiger partial charge in [-0.25, -0.2) is 5.43 Å². The highest BCUT2D eigenvalue weighted by Crippen LogP contribution is 2.30. The molecule has 10 heteroatoms. The molecule has 0 unspecified atom stereocenters. The Morgan fingerprint density at radius 2 is 1.79 bits per heavy atom. The number of hydrogen-bond acceptors (Lipinski definition) is 8. The zero-order chi connectivity index (χ0) is 19.8. The number of nitrogens with one attached hydrogen (secondary N) is 1. The van der Waals surface area contributed by atoms with Crippen LogP contribution >= 0.6 is 46.5 Å². The third-order valence-corrected chi connectivity index (χ3v) is 6.95. The van der Waals surface area contributed by atoms with E-state index in [-0.39, 0.29) is 11.7 Å². The highest BCUT2D eigenvalue weighted by Gasteiger charge is 2.09. The van der Waals surface area contributed by atoms with E-state index in [4.69, 9.17) is 11.6 Å². The van der Waals surface area contributed by atoms with Crippen LogP contribution < -0.4 is 5.43 Å². The quantitative estimate of drug-likeness (QED) is 0.309. The van der Waals surface area contributed by atoms with Crippen LogP contribution in [0.25, 0.3) is 0 Å². The number of hydrazone groups is 1. The zero-order valence-electron chi connectivity index (χ0n) is 14.8. The number of aromatic nitrogens is 3. The summed E-state index contributed by atoms with van der Waals surface area (Å²) < 4.78 is 1.62. The van der Waals surface area contributed by atoms with Crippen molar-refractivity contribution < 1.29 is 4.79 Å². The van der Waals surface area contributed by atoms with Crippen molar-refractivity contribution >= 4 is 58.1 Å². The third-order valence-electron chi connectivity index (χ3n) is 3.44. The second kappa shape index (κ2) is 10.6. The smallest absolute Gasteiger partial charge is 0.250 e. The lowest BCUT2D eigenvalue weighted by molar-refractivity contribution is -0.118. The van der Waals surface area contributed by atoms with Gasteiger partial charge in [-0.05, 0) is 36.8 Å². The third kappa shape index (κ3) is 6.59. The summed E-state index contributed by atoms with van der Waals surface area (Å²) in [7, 11) is 0. The standard InChI is InChI=1S/C18H16ClN5OS3/c1-12(14-6-8-20-9-7-14)21-22-16(25)11-27-18-24-23-17(28-18)26-10-13-2-4-15(19)5-3-13/h2-9H,10-11H2,1H3,(H,22,25)/b21-12-. The Balaban J connectivity index is 1.43. The van der Waals surface area contributed by atoms with E-state index in [1.165, 1.54) is 28.7 Å². The molecule has 0 atom stereocenters. The molecule has 0 spiro atoms. The molecule has 144 valence electrons. The molecular weight excluding hydrogens is 434 g/mol. The van der Waals surface area contributed by atoms with Crippen molar-refractivity contribution in [1.82, 2.24) is 20.6 Å². The van der Waals surface area contributed by atoms with E-state index in [0.29, 0.717) is 0 Å². The maximum absolute atomic E-state index is 12.0. The van der Waals surface area contributed by atoms with Gasteiger partial charge in [0.1, 0.15) is 0 Å². The minimum absolute atomic E-state index is 0.191. The first kappa shape index (κ1) is 20.8. The normalized spacial score (nSPS) is 11.4. The number of carbonyl (C=O) groups excluding carboxylic acids is 1. The first-order chi connectivity index (χ1) is 13.6. The van der Waals surface area contributed by atoms with Crippen molar-refractivity contribution in [2.45, 2.75) is 21.4 Å². The molecule has 1 amide bonds. The lowest BCUT2D eigenvalue weighted by atomic mass is 10.2. The number of hydrogen-bond donors (Lipinski definition) is 1. The predicted molar refractivity (Wildman–Crippen MR) is 116 cm³/mol. The van der Waals surface area contributed by atoms with Crippen molar-refractivity contribution in [3.05, 3.63) is 64.9 Å². The summed E-state index contributed by atoms with van der Waals surface area (Å²) in [5.41, 5.74) is 5.36. The minimum Gasteiger partial charge on any atom is -0.272 e. The second-order valence-electron chi connectivity index (χ2n) is 5.51. The van der Waals surface area contributed by atoms with E-state index in [2.05, 4.69) is 25.7 Å². The van der Waals surface area contributed by atoms with Gasteiger partial charge in [0.05, 0.1) is 11.5 Å². The Morgan fingerprint density at radius 3 is 2.50 bits per heavy atom. The summed E-state index contributed by atoms with van der Waals surface area (Å²) >= 11 is 10.3.